The molecule has 0 spiro atoms. The summed E-state index contributed by atoms with van der Waals surface area (Å²) >= 11 is 0. The first-order valence-corrected chi connectivity index (χ1v) is 9.74. The zero-order valence-electron chi connectivity index (χ0n) is 16.3. The highest BCUT2D eigenvalue weighted by Gasteiger charge is 2.29. The number of hydrogen-bond acceptors (Lipinski definition) is 4. The molecule has 0 amide bonds. The number of benzene rings is 1. The lowest BCUT2D eigenvalue weighted by Gasteiger charge is -2.22. The summed E-state index contributed by atoms with van der Waals surface area (Å²) in [5, 5.41) is 6.35. The molecule has 142 valence electrons. The summed E-state index contributed by atoms with van der Waals surface area (Å²) in [6.45, 7) is 6.14. The average Bonchev–Trinajstić information content (AvgIpc) is 3.44. The van der Waals surface area contributed by atoms with E-state index in [2.05, 4.69) is 33.3 Å². The minimum Gasteiger partial charge on any atom is -0.361 e. The van der Waals surface area contributed by atoms with Crippen LogP contribution in [0.3, 0.4) is 0 Å². The van der Waals surface area contributed by atoms with E-state index in [1.807, 2.05) is 42.8 Å². The molecule has 2 N–H and O–H groups in total. The Hall–Kier alpha value is -3.15. The van der Waals surface area contributed by atoms with E-state index in [1.54, 1.807) is 6.33 Å². The molecule has 6 heteroatoms. The van der Waals surface area contributed by atoms with E-state index in [1.165, 1.54) is 0 Å². The topological polar surface area (TPSA) is 75.6 Å². The van der Waals surface area contributed by atoms with Gasteiger partial charge in [0.05, 0.1) is 16.8 Å². The summed E-state index contributed by atoms with van der Waals surface area (Å²) in [5.41, 5.74) is 4.07. The van der Waals surface area contributed by atoms with E-state index >= 15 is 0 Å². The summed E-state index contributed by atoms with van der Waals surface area (Å²) in [6, 6.07) is 8.44. The first-order chi connectivity index (χ1) is 13.5. The maximum atomic E-state index is 13.3. The molecule has 5 rings (SSSR count). The molecule has 0 aliphatic heterocycles. The number of fused-ring (bicyclic) bond motifs is 2. The van der Waals surface area contributed by atoms with Crippen molar-refractivity contribution < 1.29 is 0 Å². The van der Waals surface area contributed by atoms with Gasteiger partial charge in [0, 0.05) is 17.9 Å². The molecule has 0 saturated heterocycles. The smallest absolute Gasteiger partial charge is 0.259 e. The quantitative estimate of drug-likeness (QED) is 0.556. The normalized spacial score (nSPS) is 15.2. The number of anilines is 1. The second-order valence-corrected chi connectivity index (χ2v) is 7.80. The van der Waals surface area contributed by atoms with Crippen LogP contribution in [-0.4, -0.2) is 19.5 Å². The molecule has 1 fully saturated rings. The molecule has 3 heterocycles. The maximum Gasteiger partial charge on any atom is 0.259 e. The van der Waals surface area contributed by atoms with Gasteiger partial charge in [0.1, 0.15) is 17.8 Å². The van der Waals surface area contributed by atoms with Crippen LogP contribution in [0, 0.1) is 13.8 Å². The highest BCUT2D eigenvalue weighted by Crippen LogP contribution is 2.37. The van der Waals surface area contributed by atoms with Gasteiger partial charge in [0.15, 0.2) is 0 Å². The van der Waals surface area contributed by atoms with E-state index in [0.717, 1.165) is 57.3 Å². The van der Waals surface area contributed by atoms with E-state index in [9.17, 15) is 4.79 Å². The number of nitrogens with one attached hydrogen (secondary N) is 2. The molecule has 0 radical (unpaired) electrons. The molecular weight excluding hydrogens is 350 g/mol. The predicted octanol–water partition coefficient (Wildman–Crippen LogP) is 4.40. The Balaban J connectivity index is 1.65. The zero-order chi connectivity index (χ0) is 19.4. The van der Waals surface area contributed by atoms with Crippen molar-refractivity contribution >= 4 is 27.6 Å². The molecule has 28 heavy (non-hydrogen) atoms. The van der Waals surface area contributed by atoms with Gasteiger partial charge in [0.25, 0.3) is 5.56 Å². The van der Waals surface area contributed by atoms with Crippen molar-refractivity contribution in [3.8, 4) is 0 Å². The van der Waals surface area contributed by atoms with Gasteiger partial charge in [-0.3, -0.25) is 4.79 Å². The van der Waals surface area contributed by atoms with Gasteiger partial charge in [-0.2, -0.15) is 0 Å². The summed E-state index contributed by atoms with van der Waals surface area (Å²) in [6.07, 6.45) is 5.62. The number of aromatic amines is 1. The third kappa shape index (κ3) is 2.59. The zero-order valence-corrected chi connectivity index (χ0v) is 16.3. The van der Waals surface area contributed by atoms with Crippen LogP contribution in [-0.2, 0) is 0 Å². The van der Waals surface area contributed by atoms with E-state index in [-0.39, 0.29) is 11.6 Å². The Morgan fingerprint density at radius 2 is 2.00 bits per heavy atom. The third-order valence-corrected chi connectivity index (χ3v) is 5.70. The molecule has 4 aromatic rings. The summed E-state index contributed by atoms with van der Waals surface area (Å²) in [4.78, 5) is 25.3. The Morgan fingerprint density at radius 1 is 1.18 bits per heavy atom. The summed E-state index contributed by atoms with van der Waals surface area (Å²) < 4.78 is 2.00. The van der Waals surface area contributed by atoms with Crippen molar-refractivity contribution in [2.75, 3.05) is 5.32 Å². The van der Waals surface area contributed by atoms with Crippen LogP contribution in [0.2, 0.25) is 0 Å². The first kappa shape index (κ1) is 17.0. The Bertz CT molecular complexity index is 1270. The number of rotatable bonds is 4. The fourth-order valence-corrected chi connectivity index (χ4v) is 4.12. The first-order valence-electron chi connectivity index (χ1n) is 9.74. The number of hydrogen-bond donors (Lipinski definition) is 2. The summed E-state index contributed by atoms with van der Waals surface area (Å²) in [7, 11) is 0. The van der Waals surface area contributed by atoms with Crippen molar-refractivity contribution in [2.24, 2.45) is 0 Å². The Morgan fingerprint density at radius 3 is 2.79 bits per heavy atom. The molecule has 6 nitrogen and oxygen atoms in total. The van der Waals surface area contributed by atoms with Gasteiger partial charge in [-0.15, -0.1) is 0 Å². The number of pyridine rings is 1. The van der Waals surface area contributed by atoms with Crippen LogP contribution < -0.4 is 10.9 Å². The van der Waals surface area contributed by atoms with Crippen LogP contribution in [0.1, 0.15) is 48.7 Å². The van der Waals surface area contributed by atoms with Crippen molar-refractivity contribution in [2.45, 2.75) is 45.7 Å². The highest BCUT2D eigenvalue weighted by atomic mass is 16.1. The minimum absolute atomic E-state index is 0.0642. The van der Waals surface area contributed by atoms with E-state index < -0.39 is 0 Å². The molecule has 0 bridgehead atoms. The minimum atomic E-state index is -0.0642. The van der Waals surface area contributed by atoms with Crippen molar-refractivity contribution in [1.29, 1.82) is 0 Å². The van der Waals surface area contributed by atoms with Crippen LogP contribution >= 0.6 is 0 Å². The lowest BCUT2D eigenvalue weighted by Crippen LogP contribution is -2.26. The van der Waals surface area contributed by atoms with Gasteiger partial charge in [-0.05, 0) is 56.2 Å². The highest BCUT2D eigenvalue weighted by molar-refractivity contribution is 5.90. The van der Waals surface area contributed by atoms with E-state index in [0.29, 0.717) is 6.04 Å². The maximum absolute atomic E-state index is 13.3. The predicted molar refractivity (Wildman–Crippen MR) is 112 cm³/mol. The number of nitrogens with zero attached hydrogens (tertiary/aromatic N) is 3. The van der Waals surface area contributed by atoms with Crippen molar-refractivity contribution in [1.82, 2.24) is 19.5 Å². The fourth-order valence-electron chi connectivity index (χ4n) is 4.12. The Labute approximate surface area is 162 Å². The second kappa shape index (κ2) is 6.19. The molecule has 1 aliphatic carbocycles. The van der Waals surface area contributed by atoms with Gasteiger partial charge in [0.2, 0.25) is 0 Å². The molecule has 0 unspecified atom stereocenters. The summed E-state index contributed by atoms with van der Waals surface area (Å²) in [5.74, 6) is 0.787. The van der Waals surface area contributed by atoms with E-state index in [4.69, 9.17) is 0 Å². The molecule has 1 aromatic carbocycles. The molecular formula is C22H23N5O. The molecule has 1 saturated carbocycles. The molecule has 1 atom stereocenters. The van der Waals surface area contributed by atoms with Crippen LogP contribution in [0.15, 0.2) is 41.6 Å². The molecule has 1 aliphatic rings. The molecule has 3 aromatic heterocycles. The average molecular weight is 373 g/mol. The lowest BCUT2D eigenvalue weighted by molar-refractivity contribution is 0.636. The van der Waals surface area contributed by atoms with Gasteiger partial charge < -0.3 is 14.9 Å². The van der Waals surface area contributed by atoms with Gasteiger partial charge in [-0.1, -0.05) is 18.2 Å². The lowest BCUT2D eigenvalue weighted by atomic mass is 10.0. The number of H-pyrrole nitrogens is 1. The third-order valence-electron chi connectivity index (χ3n) is 5.70. The number of aromatic nitrogens is 4. The Kier molecular flexibility index (Phi) is 3.75. The fraction of sp³-hybridized carbons (Fsp3) is 0.318. The largest absolute Gasteiger partial charge is 0.361 e. The van der Waals surface area contributed by atoms with Crippen LogP contribution in [0.5, 0.6) is 0 Å². The standard InChI is InChI=1S/C22H23N5O/c1-12-5-4-6-15-9-17(27(16-7-8-16)22(28)18(12)15)14(3)26-21-19-13(2)10-23-20(19)24-11-25-21/h4-6,9-11,14,16H,7-8H2,1-3H3,(H2,23,24,25,26)/t14-/m0/s1. The van der Waals surface area contributed by atoms with Crippen LogP contribution in [0.4, 0.5) is 5.82 Å². The van der Waals surface area contributed by atoms with Crippen LogP contribution in [0.25, 0.3) is 21.8 Å². The number of aryl methyl sites for hydroxylation is 2. The monoisotopic (exact) mass is 373 g/mol. The van der Waals surface area contributed by atoms with Crippen molar-refractivity contribution in [3.63, 3.8) is 0 Å². The van der Waals surface area contributed by atoms with Gasteiger partial charge in [-0.25, -0.2) is 9.97 Å². The van der Waals surface area contributed by atoms with Gasteiger partial charge >= 0.3 is 0 Å². The van der Waals surface area contributed by atoms with Crippen molar-refractivity contribution in [3.05, 3.63) is 64.0 Å². The second-order valence-electron chi connectivity index (χ2n) is 7.80. The SMILES string of the molecule is Cc1c[nH]c2ncnc(N[C@@H](C)c3cc4cccc(C)c4c(=O)n3C3CC3)c12.